The van der Waals surface area contributed by atoms with E-state index in [1.807, 2.05) is 0 Å². The van der Waals surface area contributed by atoms with Crippen LogP contribution in [-0.4, -0.2) is 16.0 Å². The van der Waals surface area contributed by atoms with Crippen LogP contribution in [0.15, 0.2) is 0 Å². The van der Waals surface area contributed by atoms with Gasteiger partial charge in [-0.2, -0.15) is 0 Å². The first kappa shape index (κ1) is 6.52. The van der Waals surface area contributed by atoms with Crippen LogP contribution in [0.25, 0.3) is 0 Å². The van der Waals surface area contributed by atoms with E-state index >= 15 is 0 Å². The van der Waals surface area contributed by atoms with Gasteiger partial charge in [0.05, 0.1) is 0 Å². The third-order valence-electron chi connectivity index (χ3n) is 0.695. The van der Waals surface area contributed by atoms with E-state index in [9.17, 15) is 0 Å². The van der Waals surface area contributed by atoms with Crippen molar-refractivity contribution >= 4 is 16.0 Å². The first-order chi connectivity index (χ1) is 2.77. The predicted octanol–water partition coefficient (Wildman–Crippen LogP) is 1.62. The van der Waals surface area contributed by atoms with E-state index in [-0.39, 0.29) is 0 Å². The molecule has 0 nitrogen and oxygen atoms in total. The summed E-state index contributed by atoms with van der Waals surface area (Å²) in [4.78, 5) is 0. The van der Waals surface area contributed by atoms with E-state index in [0.29, 0.717) is 0 Å². The molecule has 0 atom stereocenters. The van der Waals surface area contributed by atoms with Crippen LogP contribution >= 0.6 is 0 Å². The zero-order chi connectivity index (χ0) is 4.99. The summed E-state index contributed by atoms with van der Waals surface area (Å²) in [5, 5.41) is 1.21. The van der Waals surface area contributed by atoms with Crippen molar-refractivity contribution in [2.75, 3.05) is 0 Å². The van der Waals surface area contributed by atoms with Crippen LogP contribution in [0.5, 0.6) is 0 Å². The molecule has 0 saturated carbocycles. The van der Waals surface area contributed by atoms with Crippen molar-refractivity contribution < 1.29 is 0 Å². The van der Waals surface area contributed by atoms with E-state index < -0.39 is 0 Å². The maximum atomic E-state index is 2.97. The Morgan fingerprint density at radius 3 is 2.00 bits per heavy atom. The third-order valence-corrected chi connectivity index (χ3v) is 1.19. The average molecular weight is 150 g/mol. The minimum absolute atomic E-state index is 0.867. The third kappa shape index (κ3) is 4.52. The van der Waals surface area contributed by atoms with Crippen LogP contribution in [0, 0.1) is 5.92 Å². The normalized spacial score (nSPS) is 10.0. The molecule has 0 rings (SSSR count). The molecule has 1 heteroatoms. The minimum atomic E-state index is 0.867. The Labute approximate surface area is 48.1 Å². The second kappa shape index (κ2) is 3.70. The summed E-state index contributed by atoms with van der Waals surface area (Å²) in [6, 6.07) is 0. The summed E-state index contributed by atoms with van der Waals surface area (Å²) in [6.07, 6.45) is 1.32. The van der Waals surface area contributed by atoms with E-state index in [1.165, 1.54) is 11.7 Å². The van der Waals surface area contributed by atoms with Gasteiger partial charge in [0.1, 0.15) is 0 Å². The fraction of sp³-hybridized carbons (Fsp3) is 1.00. The van der Waals surface area contributed by atoms with Crippen LogP contribution < -0.4 is 0 Å². The van der Waals surface area contributed by atoms with Crippen LogP contribution in [0.4, 0.5) is 0 Å². The molecule has 0 unspecified atom stereocenters. The zero-order valence-corrected chi connectivity index (χ0v) is 6.11. The van der Waals surface area contributed by atoms with Gasteiger partial charge < -0.3 is 0 Å². The quantitative estimate of drug-likeness (QED) is 0.524. The molecule has 37 valence electrons. The second-order valence-corrected chi connectivity index (χ2v) is 2.74. The summed E-state index contributed by atoms with van der Waals surface area (Å²) in [5.41, 5.74) is 0. The fourth-order valence-electron chi connectivity index (χ4n) is 0.236. The summed E-state index contributed by atoms with van der Waals surface area (Å²) in [5.74, 6) is 0.867. The second-order valence-electron chi connectivity index (χ2n) is 1.89. The maximum absolute atomic E-state index is 2.97. The van der Waals surface area contributed by atoms with Gasteiger partial charge in [-0.25, -0.2) is 0 Å². The molecular weight excluding hydrogens is 139 g/mol. The Morgan fingerprint density at radius 2 is 2.00 bits per heavy atom. The Hall–Kier alpha value is 0.519. The van der Waals surface area contributed by atoms with Gasteiger partial charge in [0.15, 0.2) is 0 Å². The summed E-state index contributed by atoms with van der Waals surface area (Å²) in [7, 11) is 0. The number of hydrogen-bond acceptors (Lipinski definition) is 0. The summed E-state index contributed by atoms with van der Waals surface area (Å²) >= 11 is 2.97. The standard InChI is InChI=1S/C5H11Se/c1-5(2)3-4-6/h5H,3-4H2,1-2H3. The van der Waals surface area contributed by atoms with Crippen molar-refractivity contribution in [1.82, 2.24) is 0 Å². The Kier molecular flexibility index (Phi) is 4.02. The average Bonchev–Trinajstić information content (AvgIpc) is 1.35. The molecule has 0 aliphatic heterocycles. The van der Waals surface area contributed by atoms with Gasteiger partial charge in [-0.15, -0.1) is 0 Å². The molecule has 0 saturated heterocycles. The summed E-state index contributed by atoms with van der Waals surface area (Å²) in [6.45, 7) is 4.47. The van der Waals surface area contributed by atoms with Gasteiger partial charge >= 0.3 is 47.5 Å². The van der Waals surface area contributed by atoms with Gasteiger partial charge in [-0.05, 0) is 0 Å². The molecule has 0 fully saturated rings. The monoisotopic (exact) mass is 151 g/mol. The van der Waals surface area contributed by atoms with E-state index in [1.54, 1.807) is 0 Å². The van der Waals surface area contributed by atoms with Crippen molar-refractivity contribution in [3.63, 3.8) is 0 Å². The summed E-state index contributed by atoms with van der Waals surface area (Å²) < 4.78 is 0. The Bertz CT molecular complexity index is 25.1. The fourth-order valence-corrected chi connectivity index (χ4v) is 1.22. The van der Waals surface area contributed by atoms with Crippen LogP contribution in [0.2, 0.25) is 5.32 Å². The van der Waals surface area contributed by atoms with E-state index in [0.717, 1.165) is 5.92 Å². The molecule has 0 aromatic rings. The predicted molar refractivity (Wildman–Crippen MR) is 30.0 cm³/mol. The molecule has 6 heavy (non-hydrogen) atoms. The SMILES string of the molecule is CC(C)CC[Se]. The Morgan fingerprint density at radius 1 is 1.50 bits per heavy atom. The first-order valence-electron chi connectivity index (χ1n) is 2.35. The van der Waals surface area contributed by atoms with Crippen molar-refractivity contribution in [2.45, 2.75) is 25.6 Å². The molecule has 0 aromatic carbocycles. The van der Waals surface area contributed by atoms with Crippen molar-refractivity contribution in [1.29, 1.82) is 0 Å². The number of hydrogen-bond donors (Lipinski definition) is 0. The molecule has 1 radical (unpaired) electrons. The molecule has 0 N–H and O–H groups in total. The van der Waals surface area contributed by atoms with Crippen LogP contribution in [0.1, 0.15) is 20.3 Å². The van der Waals surface area contributed by atoms with E-state index in [4.69, 9.17) is 0 Å². The topological polar surface area (TPSA) is 0 Å². The van der Waals surface area contributed by atoms with Gasteiger partial charge in [0.2, 0.25) is 0 Å². The molecule has 0 aromatic heterocycles. The van der Waals surface area contributed by atoms with Gasteiger partial charge in [-0.1, -0.05) is 0 Å². The van der Waals surface area contributed by atoms with Gasteiger partial charge in [0.25, 0.3) is 0 Å². The zero-order valence-electron chi connectivity index (χ0n) is 4.40. The molecular formula is C5H11Se. The molecule has 0 aliphatic rings. The van der Waals surface area contributed by atoms with E-state index in [2.05, 4.69) is 29.9 Å². The van der Waals surface area contributed by atoms with Gasteiger partial charge in [-0.3, -0.25) is 0 Å². The molecule has 0 heterocycles. The number of rotatable bonds is 2. The van der Waals surface area contributed by atoms with Crippen LogP contribution in [-0.2, 0) is 0 Å². The van der Waals surface area contributed by atoms with Crippen molar-refractivity contribution in [3.8, 4) is 0 Å². The molecule has 0 bridgehead atoms. The molecule has 0 spiro atoms. The van der Waals surface area contributed by atoms with Gasteiger partial charge in [0, 0.05) is 0 Å². The van der Waals surface area contributed by atoms with Crippen LogP contribution in [0.3, 0.4) is 0 Å². The molecule has 0 aliphatic carbocycles. The van der Waals surface area contributed by atoms with Crippen molar-refractivity contribution in [2.24, 2.45) is 5.92 Å². The Balaban J connectivity index is 2.63. The first-order valence-corrected chi connectivity index (χ1v) is 3.56. The van der Waals surface area contributed by atoms with Crippen molar-refractivity contribution in [3.05, 3.63) is 0 Å². The molecule has 0 amide bonds.